The van der Waals surface area contributed by atoms with Gasteiger partial charge < -0.3 is 10.6 Å². The van der Waals surface area contributed by atoms with Crippen LogP contribution in [0.3, 0.4) is 0 Å². The zero-order chi connectivity index (χ0) is 14.5. The fraction of sp³-hybridized carbons (Fsp3) is 0.471. The van der Waals surface area contributed by atoms with E-state index in [9.17, 15) is 4.79 Å². The maximum absolute atomic E-state index is 12.7. The highest BCUT2D eigenvalue weighted by Gasteiger charge is 2.25. The maximum atomic E-state index is 12.7. The Hall–Kier alpha value is -1.79. The summed E-state index contributed by atoms with van der Waals surface area (Å²) in [6, 6.07) is 6.13. The quantitative estimate of drug-likeness (QED) is 0.796. The van der Waals surface area contributed by atoms with Crippen LogP contribution in [0.1, 0.15) is 47.7 Å². The molecule has 0 aromatic heterocycles. The highest BCUT2D eigenvalue weighted by atomic mass is 16.2. The van der Waals surface area contributed by atoms with Crippen molar-refractivity contribution in [3.63, 3.8) is 0 Å². The standard InChI is InChI=1S/C17H22N2O/c1-13-8-9-16(15(12-13)7-5-10-18)17(20)19-11-4-3-6-14(19)2/h8-9,12,14H,3-4,6,10-11,18H2,1-2H3. The molecule has 1 aromatic carbocycles. The van der Waals surface area contributed by atoms with Crippen LogP contribution >= 0.6 is 0 Å². The first-order valence-corrected chi connectivity index (χ1v) is 7.24. The molecule has 1 aliphatic rings. The summed E-state index contributed by atoms with van der Waals surface area (Å²) >= 11 is 0. The average Bonchev–Trinajstić information content (AvgIpc) is 2.45. The first-order valence-electron chi connectivity index (χ1n) is 7.24. The van der Waals surface area contributed by atoms with Crippen molar-refractivity contribution in [3.8, 4) is 11.8 Å². The van der Waals surface area contributed by atoms with E-state index in [1.165, 1.54) is 6.42 Å². The summed E-state index contributed by atoms with van der Waals surface area (Å²) in [7, 11) is 0. The number of nitrogens with two attached hydrogens (primary N) is 1. The summed E-state index contributed by atoms with van der Waals surface area (Å²) in [4.78, 5) is 14.7. The molecule has 1 unspecified atom stereocenters. The molecule has 1 amide bonds. The molecule has 0 bridgehead atoms. The molecule has 3 heteroatoms. The molecule has 1 aromatic rings. The summed E-state index contributed by atoms with van der Waals surface area (Å²) in [5, 5.41) is 0. The number of carbonyl (C=O) groups is 1. The van der Waals surface area contributed by atoms with Crippen molar-refractivity contribution in [2.24, 2.45) is 5.73 Å². The molecule has 0 saturated carbocycles. The molecule has 1 aliphatic heterocycles. The third-order valence-corrected chi connectivity index (χ3v) is 3.79. The first-order chi connectivity index (χ1) is 9.63. The first kappa shape index (κ1) is 14.6. The van der Waals surface area contributed by atoms with Crippen LogP contribution in [0.4, 0.5) is 0 Å². The fourth-order valence-corrected chi connectivity index (χ4v) is 2.65. The molecular formula is C17H22N2O. The van der Waals surface area contributed by atoms with Gasteiger partial charge in [-0.1, -0.05) is 17.9 Å². The van der Waals surface area contributed by atoms with Gasteiger partial charge in [0.2, 0.25) is 0 Å². The number of carbonyl (C=O) groups excluding carboxylic acids is 1. The van der Waals surface area contributed by atoms with E-state index in [0.29, 0.717) is 18.2 Å². The molecule has 2 rings (SSSR count). The number of nitrogens with zero attached hydrogens (tertiary/aromatic N) is 1. The minimum atomic E-state index is 0.0959. The van der Waals surface area contributed by atoms with Crippen molar-refractivity contribution in [2.45, 2.75) is 39.2 Å². The van der Waals surface area contributed by atoms with Gasteiger partial charge in [-0.2, -0.15) is 0 Å². The zero-order valence-corrected chi connectivity index (χ0v) is 12.3. The Labute approximate surface area is 121 Å². The molecule has 106 valence electrons. The third kappa shape index (κ3) is 3.20. The summed E-state index contributed by atoms with van der Waals surface area (Å²) in [5.41, 5.74) is 8.03. The van der Waals surface area contributed by atoms with E-state index in [0.717, 1.165) is 30.5 Å². The average molecular weight is 270 g/mol. The molecule has 0 radical (unpaired) electrons. The molecule has 0 aliphatic carbocycles. The van der Waals surface area contributed by atoms with Crippen molar-refractivity contribution in [2.75, 3.05) is 13.1 Å². The van der Waals surface area contributed by atoms with Gasteiger partial charge in [-0.15, -0.1) is 0 Å². The number of amides is 1. The Morgan fingerprint density at radius 3 is 2.95 bits per heavy atom. The van der Waals surface area contributed by atoms with E-state index in [4.69, 9.17) is 5.73 Å². The minimum absolute atomic E-state index is 0.0959. The molecular weight excluding hydrogens is 248 g/mol. The van der Waals surface area contributed by atoms with Crippen LogP contribution in [0.2, 0.25) is 0 Å². The van der Waals surface area contributed by atoms with Crippen LogP contribution in [0.15, 0.2) is 18.2 Å². The molecule has 1 fully saturated rings. The monoisotopic (exact) mass is 270 g/mol. The maximum Gasteiger partial charge on any atom is 0.255 e. The molecule has 0 spiro atoms. The zero-order valence-electron chi connectivity index (χ0n) is 12.3. The van der Waals surface area contributed by atoms with Gasteiger partial charge in [0.1, 0.15) is 0 Å². The Bertz CT molecular complexity index is 554. The van der Waals surface area contributed by atoms with Crippen molar-refractivity contribution in [1.29, 1.82) is 0 Å². The van der Waals surface area contributed by atoms with E-state index < -0.39 is 0 Å². The van der Waals surface area contributed by atoms with Gasteiger partial charge in [-0.05, 0) is 50.8 Å². The number of hydrogen-bond donors (Lipinski definition) is 1. The summed E-state index contributed by atoms with van der Waals surface area (Å²) < 4.78 is 0. The Morgan fingerprint density at radius 1 is 1.45 bits per heavy atom. The second kappa shape index (κ2) is 6.58. The summed E-state index contributed by atoms with van der Waals surface area (Å²) in [6.45, 7) is 5.28. The highest BCUT2D eigenvalue weighted by Crippen LogP contribution is 2.21. The predicted octanol–water partition coefficient (Wildman–Crippen LogP) is 2.32. The fourth-order valence-electron chi connectivity index (χ4n) is 2.65. The number of benzene rings is 1. The van der Waals surface area contributed by atoms with E-state index in [1.807, 2.05) is 30.0 Å². The van der Waals surface area contributed by atoms with Crippen LogP contribution in [0.25, 0.3) is 0 Å². The number of hydrogen-bond acceptors (Lipinski definition) is 2. The van der Waals surface area contributed by atoms with E-state index in [-0.39, 0.29) is 5.91 Å². The SMILES string of the molecule is Cc1ccc(C(=O)N2CCCCC2C)c(C#CCN)c1. The van der Waals surface area contributed by atoms with E-state index in [1.54, 1.807) is 0 Å². The Morgan fingerprint density at radius 2 is 2.25 bits per heavy atom. The highest BCUT2D eigenvalue weighted by molar-refractivity contribution is 5.97. The van der Waals surface area contributed by atoms with Gasteiger partial charge in [-0.3, -0.25) is 4.79 Å². The van der Waals surface area contributed by atoms with Crippen molar-refractivity contribution >= 4 is 5.91 Å². The smallest absolute Gasteiger partial charge is 0.255 e. The Kier molecular flexibility index (Phi) is 4.81. The lowest BCUT2D eigenvalue weighted by Gasteiger charge is -2.33. The molecule has 3 nitrogen and oxygen atoms in total. The lowest BCUT2D eigenvalue weighted by atomic mass is 9.99. The van der Waals surface area contributed by atoms with Crippen LogP contribution in [-0.4, -0.2) is 29.9 Å². The minimum Gasteiger partial charge on any atom is -0.336 e. The summed E-state index contributed by atoms with van der Waals surface area (Å²) in [5.74, 6) is 5.97. The number of likely N-dealkylation sites (tertiary alicyclic amines) is 1. The van der Waals surface area contributed by atoms with Crippen molar-refractivity contribution in [1.82, 2.24) is 4.90 Å². The van der Waals surface area contributed by atoms with E-state index in [2.05, 4.69) is 18.8 Å². The lowest BCUT2D eigenvalue weighted by molar-refractivity contribution is 0.0635. The molecule has 1 heterocycles. The van der Waals surface area contributed by atoms with Gasteiger partial charge in [0.05, 0.1) is 12.1 Å². The van der Waals surface area contributed by atoms with E-state index >= 15 is 0 Å². The van der Waals surface area contributed by atoms with Crippen molar-refractivity contribution in [3.05, 3.63) is 34.9 Å². The topological polar surface area (TPSA) is 46.3 Å². The van der Waals surface area contributed by atoms with Crippen LogP contribution < -0.4 is 5.73 Å². The number of aryl methyl sites for hydroxylation is 1. The van der Waals surface area contributed by atoms with Crippen molar-refractivity contribution < 1.29 is 4.79 Å². The molecule has 20 heavy (non-hydrogen) atoms. The van der Waals surface area contributed by atoms with Gasteiger partial charge in [0.25, 0.3) is 5.91 Å². The largest absolute Gasteiger partial charge is 0.336 e. The number of rotatable bonds is 1. The van der Waals surface area contributed by atoms with Gasteiger partial charge in [0.15, 0.2) is 0 Å². The normalized spacial score (nSPS) is 18.4. The molecule has 2 N–H and O–H groups in total. The lowest BCUT2D eigenvalue weighted by Crippen LogP contribution is -2.42. The van der Waals surface area contributed by atoms with Gasteiger partial charge >= 0.3 is 0 Å². The Balaban J connectivity index is 2.33. The van der Waals surface area contributed by atoms with Crippen LogP contribution in [0, 0.1) is 18.8 Å². The van der Waals surface area contributed by atoms with Gasteiger partial charge in [-0.25, -0.2) is 0 Å². The van der Waals surface area contributed by atoms with Crippen LogP contribution in [-0.2, 0) is 0 Å². The molecule has 1 saturated heterocycles. The number of piperidine rings is 1. The third-order valence-electron chi connectivity index (χ3n) is 3.79. The summed E-state index contributed by atoms with van der Waals surface area (Å²) in [6.07, 6.45) is 3.38. The second-order valence-corrected chi connectivity index (χ2v) is 5.40. The second-order valence-electron chi connectivity index (χ2n) is 5.40. The molecule has 1 atom stereocenters. The predicted molar refractivity (Wildman–Crippen MR) is 81.5 cm³/mol. The van der Waals surface area contributed by atoms with Gasteiger partial charge in [0, 0.05) is 18.2 Å². The van der Waals surface area contributed by atoms with Crippen LogP contribution in [0.5, 0.6) is 0 Å².